The Morgan fingerprint density at radius 1 is 1.00 bits per heavy atom. The molecule has 0 saturated carbocycles. The molecule has 0 radical (unpaired) electrons. The second-order valence-corrected chi connectivity index (χ2v) is 6.31. The molecule has 0 heterocycles. The number of amides is 2. The quantitative estimate of drug-likeness (QED) is 0.707. The standard InChI is InChI=1S/C18H19Cl2N3O3/c1-23(10-11-26-16-9-5-4-8-15(16)20)12-17(24)21-22-18(25)13-6-2-3-7-14(13)19/h2-9H,10-12H2,1H3,(H,21,24)(H,22,25). The molecule has 6 nitrogen and oxygen atoms in total. The van der Waals surface area contributed by atoms with Crippen molar-refractivity contribution < 1.29 is 14.3 Å². The van der Waals surface area contributed by atoms with Gasteiger partial charge in [0.15, 0.2) is 0 Å². The van der Waals surface area contributed by atoms with Gasteiger partial charge in [-0.1, -0.05) is 47.5 Å². The van der Waals surface area contributed by atoms with Crippen LogP contribution in [0.1, 0.15) is 10.4 Å². The van der Waals surface area contributed by atoms with Crippen molar-refractivity contribution in [2.45, 2.75) is 0 Å². The lowest BCUT2D eigenvalue weighted by molar-refractivity contribution is -0.122. The van der Waals surface area contributed by atoms with Crippen molar-refractivity contribution in [3.05, 3.63) is 64.1 Å². The Bertz CT molecular complexity index is 771. The number of likely N-dealkylation sites (N-methyl/N-ethyl adjacent to an activating group) is 1. The van der Waals surface area contributed by atoms with E-state index in [4.69, 9.17) is 27.9 Å². The minimum atomic E-state index is -0.478. The number of para-hydroxylation sites is 1. The highest BCUT2D eigenvalue weighted by Crippen LogP contribution is 2.22. The van der Waals surface area contributed by atoms with E-state index in [0.717, 1.165) is 0 Å². The van der Waals surface area contributed by atoms with Crippen LogP contribution in [0.2, 0.25) is 10.0 Å². The van der Waals surface area contributed by atoms with Gasteiger partial charge in [0.25, 0.3) is 11.8 Å². The molecule has 0 aliphatic carbocycles. The van der Waals surface area contributed by atoms with Crippen LogP contribution in [0.3, 0.4) is 0 Å². The molecule has 2 aromatic rings. The lowest BCUT2D eigenvalue weighted by atomic mass is 10.2. The minimum absolute atomic E-state index is 0.0919. The molecule has 8 heteroatoms. The maximum atomic E-state index is 12.0. The number of halogens is 2. The zero-order valence-electron chi connectivity index (χ0n) is 14.2. The van der Waals surface area contributed by atoms with Crippen molar-refractivity contribution in [1.82, 2.24) is 15.8 Å². The first-order chi connectivity index (χ1) is 12.5. The number of hydrogen-bond acceptors (Lipinski definition) is 4. The van der Waals surface area contributed by atoms with Crippen LogP contribution >= 0.6 is 23.2 Å². The Balaban J connectivity index is 1.69. The summed E-state index contributed by atoms with van der Waals surface area (Å²) in [5.41, 5.74) is 4.98. The van der Waals surface area contributed by atoms with E-state index >= 15 is 0 Å². The molecule has 0 aliphatic rings. The molecule has 2 aromatic carbocycles. The average molecular weight is 396 g/mol. The van der Waals surface area contributed by atoms with Crippen LogP contribution in [0.4, 0.5) is 0 Å². The van der Waals surface area contributed by atoms with Crippen LogP contribution in [0.25, 0.3) is 0 Å². The number of ether oxygens (including phenoxy) is 1. The summed E-state index contributed by atoms with van der Waals surface area (Å²) in [5.74, 6) is -0.238. The van der Waals surface area contributed by atoms with E-state index in [1.807, 2.05) is 12.1 Å². The number of hydrogen-bond donors (Lipinski definition) is 2. The molecule has 2 amide bonds. The molecule has 0 aromatic heterocycles. The molecule has 138 valence electrons. The Morgan fingerprint density at radius 3 is 2.35 bits per heavy atom. The Kier molecular flexibility index (Phi) is 7.72. The Morgan fingerprint density at radius 2 is 1.65 bits per heavy atom. The maximum absolute atomic E-state index is 12.0. The number of benzene rings is 2. The second kappa shape index (κ2) is 10.0. The van der Waals surface area contributed by atoms with Crippen LogP contribution in [-0.4, -0.2) is 43.5 Å². The van der Waals surface area contributed by atoms with Gasteiger partial charge < -0.3 is 4.74 Å². The number of nitrogens with zero attached hydrogens (tertiary/aromatic N) is 1. The lowest BCUT2D eigenvalue weighted by Crippen LogP contribution is -2.46. The summed E-state index contributed by atoms with van der Waals surface area (Å²) in [6, 6.07) is 13.8. The van der Waals surface area contributed by atoms with Crippen molar-refractivity contribution in [3.8, 4) is 5.75 Å². The average Bonchev–Trinajstić information content (AvgIpc) is 2.61. The van der Waals surface area contributed by atoms with Crippen LogP contribution in [0.15, 0.2) is 48.5 Å². The lowest BCUT2D eigenvalue weighted by Gasteiger charge is -2.17. The van der Waals surface area contributed by atoms with E-state index in [9.17, 15) is 9.59 Å². The Labute approximate surface area is 162 Å². The number of rotatable bonds is 7. The van der Waals surface area contributed by atoms with Crippen molar-refractivity contribution >= 4 is 35.0 Å². The van der Waals surface area contributed by atoms with Crippen molar-refractivity contribution in [1.29, 1.82) is 0 Å². The highest BCUT2D eigenvalue weighted by atomic mass is 35.5. The van der Waals surface area contributed by atoms with Crippen molar-refractivity contribution in [2.75, 3.05) is 26.7 Å². The molecule has 0 atom stereocenters. The first-order valence-electron chi connectivity index (χ1n) is 7.87. The number of nitrogens with one attached hydrogen (secondary N) is 2. The topological polar surface area (TPSA) is 70.7 Å². The fourth-order valence-corrected chi connectivity index (χ4v) is 2.49. The SMILES string of the molecule is CN(CCOc1ccccc1Cl)CC(=O)NNC(=O)c1ccccc1Cl. The summed E-state index contributed by atoms with van der Waals surface area (Å²) >= 11 is 11.9. The fraction of sp³-hybridized carbons (Fsp3) is 0.222. The molecule has 0 unspecified atom stereocenters. The van der Waals surface area contributed by atoms with E-state index in [-0.39, 0.29) is 18.0 Å². The normalized spacial score (nSPS) is 10.5. The van der Waals surface area contributed by atoms with Gasteiger partial charge in [0, 0.05) is 6.54 Å². The maximum Gasteiger partial charge on any atom is 0.271 e. The van der Waals surface area contributed by atoms with Gasteiger partial charge >= 0.3 is 0 Å². The van der Waals surface area contributed by atoms with Gasteiger partial charge in [0.05, 0.1) is 22.2 Å². The predicted molar refractivity (Wildman–Crippen MR) is 102 cm³/mol. The largest absolute Gasteiger partial charge is 0.491 e. The summed E-state index contributed by atoms with van der Waals surface area (Å²) < 4.78 is 5.57. The highest BCUT2D eigenvalue weighted by Gasteiger charge is 2.12. The third-order valence-corrected chi connectivity index (χ3v) is 4.06. The molecule has 2 N–H and O–H groups in total. The van der Waals surface area contributed by atoms with Crippen molar-refractivity contribution in [3.63, 3.8) is 0 Å². The third kappa shape index (κ3) is 6.22. The summed E-state index contributed by atoms with van der Waals surface area (Å²) in [4.78, 5) is 25.6. The predicted octanol–water partition coefficient (Wildman–Crippen LogP) is 2.77. The van der Waals surface area contributed by atoms with Crippen LogP contribution in [-0.2, 0) is 4.79 Å². The summed E-state index contributed by atoms with van der Waals surface area (Å²) in [6.45, 7) is 0.977. The highest BCUT2D eigenvalue weighted by molar-refractivity contribution is 6.33. The minimum Gasteiger partial charge on any atom is -0.491 e. The van der Waals surface area contributed by atoms with Crippen LogP contribution in [0, 0.1) is 0 Å². The molecular formula is C18H19Cl2N3O3. The fourth-order valence-electron chi connectivity index (χ4n) is 2.08. The van der Waals surface area contributed by atoms with Gasteiger partial charge in [-0.3, -0.25) is 25.3 Å². The molecule has 0 spiro atoms. The van der Waals surface area contributed by atoms with Gasteiger partial charge in [0.1, 0.15) is 12.4 Å². The van der Waals surface area contributed by atoms with E-state index in [1.54, 1.807) is 48.3 Å². The Hall–Kier alpha value is -2.28. The van der Waals surface area contributed by atoms with Gasteiger partial charge in [-0.15, -0.1) is 0 Å². The van der Waals surface area contributed by atoms with Gasteiger partial charge in [-0.05, 0) is 31.3 Å². The molecule has 0 bridgehead atoms. The van der Waals surface area contributed by atoms with E-state index in [0.29, 0.717) is 28.9 Å². The molecule has 0 fully saturated rings. The third-order valence-electron chi connectivity index (χ3n) is 3.41. The number of hydrazine groups is 1. The zero-order valence-corrected chi connectivity index (χ0v) is 15.7. The summed E-state index contributed by atoms with van der Waals surface area (Å²) in [5, 5.41) is 0.850. The van der Waals surface area contributed by atoms with Crippen molar-refractivity contribution in [2.24, 2.45) is 0 Å². The summed E-state index contributed by atoms with van der Waals surface area (Å²) in [6.07, 6.45) is 0. The van der Waals surface area contributed by atoms with Gasteiger partial charge in [0.2, 0.25) is 0 Å². The van der Waals surface area contributed by atoms with Crippen LogP contribution in [0.5, 0.6) is 5.75 Å². The van der Waals surface area contributed by atoms with Crippen LogP contribution < -0.4 is 15.6 Å². The second-order valence-electron chi connectivity index (χ2n) is 5.50. The summed E-state index contributed by atoms with van der Waals surface area (Å²) in [7, 11) is 1.77. The first kappa shape index (κ1) is 20.0. The molecular weight excluding hydrogens is 377 g/mol. The van der Waals surface area contributed by atoms with Gasteiger partial charge in [-0.2, -0.15) is 0 Å². The molecule has 2 rings (SSSR count). The molecule has 0 saturated heterocycles. The van der Waals surface area contributed by atoms with E-state index in [1.165, 1.54) is 0 Å². The smallest absolute Gasteiger partial charge is 0.271 e. The molecule has 26 heavy (non-hydrogen) atoms. The first-order valence-corrected chi connectivity index (χ1v) is 8.62. The van der Waals surface area contributed by atoms with Gasteiger partial charge in [-0.25, -0.2) is 0 Å². The van der Waals surface area contributed by atoms with E-state index < -0.39 is 5.91 Å². The van der Waals surface area contributed by atoms with E-state index in [2.05, 4.69) is 10.9 Å². The zero-order chi connectivity index (χ0) is 18.9. The monoisotopic (exact) mass is 395 g/mol. The molecule has 0 aliphatic heterocycles. The number of carbonyl (C=O) groups is 2. The number of carbonyl (C=O) groups excluding carboxylic acids is 2.